The second kappa shape index (κ2) is 5.30. The smallest absolute Gasteiger partial charge is 0.134 e. The first-order chi connectivity index (χ1) is 8.24. The van der Waals surface area contributed by atoms with Crippen LogP contribution in [0.3, 0.4) is 0 Å². The normalized spacial score (nSPS) is 9.94. The standard InChI is InChI=1S/C15H15NO/c1-12(17)11-13-7-9-15(10-8-13)16-14-5-3-2-4-6-14/h2-10,16H,11H2,1H3. The molecular weight excluding hydrogens is 210 g/mol. The number of ketones is 1. The Hall–Kier alpha value is -2.09. The first kappa shape index (κ1) is 11.4. The Kier molecular flexibility index (Phi) is 3.55. The van der Waals surface area contributed by atoms with Crippen LogP contribution in [0.1, 0.15) is 12.5 Å². The lowest BCUT2D eigenvalue weighted by atomic mass is 10.1. The zero-order chi connectivity index (χ0) is 12.1. The van der Waals surface area contributed by atoms with Crippen LogP contribution < -0.4 is 5.32 Å². The Morgan fingerprint density at radius 2 is 1.53 bits per heavy atom. The molecule has 0 aromatic heterocycles. The summed E-state index contributed by atoms with van der Waals surface area (Å²) in [5.41, 5.74) is 3.14. The average molecular weight is 225 g/mol. The summed E-state index contributed by atoms with van der Waals surface area (Å²) in [7, 11) is 0. The molecule has 17 heavy (non-hydrogen) atoms. The Balaban J connectivity index is 2.06. The van der Waals surface area contributed by atoms with E-state index in [1.807, 2.05) is 54.6 Å². The third-order valence-corrected chi connectivity index (χ3v) is 2.47. The molecule has 0 unspecified atom stereocenters. The fourth-order valence-electron chi connectivity index (χ4n) is 1.68. The van der Waals surface area contributed by atoms with E-state index < -0.39 is 0 Å². The lowest BCUT2D eigenvalue weighted by Gasteiger charge is -2.06. The largest absolute Gasteiger partial charge is 0.356 e. The maximum Gasteiger partial charge on any atom is 0.134 e. The average Bonchev–Trinajstić information content (AvgIpc) is 2.32. The molecule has 0 amide bonds. The van der Waals surface area contributed by atoms with Crippen LogP contribution in [0.4, 0.5) is 11.4 Å². The first-order valence-corrected chi connectivity index (χ1v) is 5.64. The third-order valence-electron chi connectivity index (χ3n) is 2.47. The van der Waals surface area contributed by atoms with E-state index in [1.54, 1.807) is 6.92 Å². The number of hydrogen-bond acceptors (Lipinski definition) is 2. The molecule has 0 saturated carbocycles. The summed E-state index contributed by atoms with van der Waals surface area (Å²) in [6, 6.07) is 17.9. The van der Waals surface area contributed by atoms with Gasteiger partial charge in [-0.15, -0.1) is 0 Å². The molecule has 1 N–H and O–H groups in total. The summed E-state index contributed by atoms with van der Waals surface area (Å²) in [6.45, 7) is 1.61. The number of rotatable bonds is 4. The minimum Gasteiger partial charge on any atom is -0.356 e. The zero-order valence-electron chi connectivity index (χ0n) is 9.81. The van der Waals surface area contributed by atoms with E-state index in [0.29, 0.717) is 6.42 Å². The van der Waals surface area contributed by atoms with Crippen molar-refractivity contribution < 1.29 is 4.79 Å². The molecule has 86 valence electrons. The van der Waals surface area contributed by atoms with Crippen LogP contribution in [-0.4, -0.2) is 5.78 Å². The topological polar surface area (TPSA) is 29.1 Å². The molecular formula is C15H15NO. The molecule has 0 fully saturated rings. The lowest BCUT2D eigenvalue weighted by Crippen LogP contribution is -1.96. The number of para-hydroxylation sites is 1. The Bertz CT molecular complexity index is 488. The van der Waals surface area contributed by atoms with E-state index >= 15 is 0 Å². The molecule has 0 saturated heterocycles. The summed E-state index contributed by atoms with van der Waals surface area (Å²) in [5.74, 6) is 0.189. The summed E-state index contributed by atoms with van der Waals surface area (Å²) in [6.07, 6.45) is 0.506. The molecule has 0 radical (unpaired) electrons. The number of carbonyl (C=O) groups is 1. The molecule has 2 nitrogen and oxygen atoms in total. The Morgan fingerprint density at radius 1 is 0.941 bits per heavy atom. The molecule has 0 aliphatic carbocycles. The van der Waals surface area contributed by atoms with Gasteiger partial charge in [0.25, 0.3) is 0 Å². The maximum atomic E-state index is 11.0. The van der Waals surface area contributed by atoms with Gasteiger partial charge in [0, 0.05) is 17.8 Å². The van der Waals surface area contributed by atoms with Gasteiger partial charge in [-0.3, -0.25) is 4.79 Å². The van der Waals surface area contributed by atoms with Crippen LogP contribution in [0.5, 0.6) is 0 Å². The highest BCUT2D eigenvalue weighted by atomic mass is 16.1. The predicted octanol–water partition coefficient (Wildman–Crippen LogP) is 3.56. The fraction of sp³-hybridized carbons (Fsp3) is 0.133. The van der Waals surface area contributed by atoms with Gasteiger partial charge in [0.1, 0.15) is 5.78 Å². The van der Waals surface area contributed by atoms with E-state index in [2.05, 4.69) is 5.32 Å². The second-order valence-corrected chi connectivity index (χ2v) is 4.07. The molecule has 0 aliphatic rings. The van der Waals surface area contributed by atoms with Gasteiger partial charge in [0.15, 0.2) is 0 Å². The molecule has 2 heteroatoms. The van der Waals surface area contributed by atoms with E-state index in [9.17, 15) is 4.79 Å². The molecule has 2 aromatic carbocycles. The number of benzene rings is 2. The van der Waals surface area contributed by atoms with Gasteiger partial charge in [-0.05, 0) is 36.8 Å². The summed E-state index contributed by atoms with van der Waals surface area (Å²) in [5, 5.41) is 3.30. The van der Waals surface area contributed by atoms with E-state index in [1.165, 1.54) is 0 Å². The summed E-state index contributed by atoms with van der Waals surface area (Å²) < 4.78 is 0. The van der Waals surface area contributed by atoms with Crippen LogP contribution in [0.2, 0.25) is 0 Å². The summed E-state index contributed by atoms with van der Waals surface area (Å²) in [4.78, 5) is 11.0. The van der Waals surface area contributed by atoms with Crippen LogP contribution in [0, 0.1) is 0 Å². The van der Waals surface area contributed by atoms with Gasteiger partial charge in [0.05, 0.1) is 0 Å². The SMILES string of the molecule is CC(=O)Cc1ccc(Nc2ccccc2)cc1. The molecule has 2 aromatic rings. The van der Waals surface area contributed by atoms with Crippen LogP contribution in [-0.2, 0) is 11.2 Å². The van der Waals surface area contributed by atoms with Gasteiger partial charge in [-0.25, -0.2) is 0 Å². The quantitative estimate of drug-likeness (QED) is 0.862. The number of hydrogen-bond donors (Lipinski definition) is 1. The highest BCUT2D eigenvalue weighted by molar-refractivity contribution is 5.78. The fourth-order valence-corrected chi connectivity index (χ4v) is 1.68. The molecule has 0 atom stereocenters. The monoisotopic (exact) mass is 225 g/mol. The van der Waals surface area contributed by atoms with Crippen molar-refractivity contribution in [1.29, 1.82) is 0 Å². The second-order valence-electron chi connectivity index (χ2n) is 4.07. The van der Waals surface area contributed by atoms with Gasteiger partial charge >= 0.3 is 0 Å². The predicted molar refractivity (Wildman–Crippen MR) is 70.6 cm³/mol. The van der Waals surface area contributed by atoms with E-state index in [-0.39, 0.29) is 5.78 Å². The van der Waals surface area contributed by atoms with Crippen molar-refractivity contribution in [3.05, 3.63) is 60.2 Å². The third kappa shape index (κ3) is 3.45. The highest BCUT2D eigenvalue weighted by Gasteiger charge is 1.98. The van der Waals surface area contributed by atoms with Gasteiger partial charge in [0.2, 0.25) is 0 Å². The number of nitrogens with one attached hydrogen (secondary N) is 1. The van der Waals surface area contributed by atoms with E-state index in [4.69, 9.17) is 0 Å². The minimum atomic E-state index is 0.189. The van der Waals surface area contributed by atoms with Gasteiger partial charge in [-0.2, -0.15) is 0 Å². The minimum absolute atomic E-state index is 0.189. The molecule has 0 spiro atoms. The van der Waals surface area contributed by atoms with Gasteiger partial charge in [-0.1, -0.05) is 30.3 Å². The van der Waals surface area contributed by atoms with Crippen molar-refractivity contribution in [2.45, 2.75) is 13.3 Å². The molecule has 0 heterocycles. The van der Waals surface area contributed by atoms with Crippen molar-refractivity contribution in [1.82, 2.24) is 0 Å². The lowest BCUT2D eigenvalue weighted by molar-refractivity contribution is -0.116. The van der Waals surface area contributed by atoms with Crippen molar-refractivity contribution in [3.63, 3.8) is 0 Å². The van der Waals surface area contributed by atoms with E-state index in [0.717, 1.165) is 16.9 Å². The number of carbonyl (C=O) groups excluding carboxylic acids is 1. The molecule has 0 bridgehead atoms. The first-order valence-electron chi connectivity index (χ1n) is 5.64. The highest BCUT2D eigenvalue weighted by Crippen LogP contribution is 2.16. The number of Topliss-reactive ketones (excluding diaryl/α,β-unsaturated/α-hetero) is 1. The Morgan fingerprint density at radius 3 is 2.12 bits per heavy atom. The molecule has 2 rings (SSSR count). The Labute approximate surface area is 101 Å². The van der Waals surface area contributed by atoms with Crippen LogP contribution in [0.25, 0.3) is 0 Å². The van der Waals surface area contributed by atoms with Crippen molar-refractivity contribution in [2.75, 3.05) is 5.32 Å². The van der Waals surface area contributed by atoms with Crippen LogP contribution in [0.15, 0.2) is 54.6 Å². The van der Waals surface area contributed by atoms with Crippen molar-refractivity contribution >= 4 is 17.2 Å². The van der Waals surface area contributed by atoms with Crippen LogP contribution >= 0.6 is 0 Å². The number of anilines is 2. The summed E-state index contributed by atoms with van der Waals surface area (Å²) >= 11 is 0. The van der Waals surface area contributed by atoms with Crippen molar-refractivity contribution in [3.8, 4) is 0 Å². The van der Waals surface area contributed by atoms with Gasteiger partial charge < -0.3 is 5.32 Å². The maximum absolute atomic E-state index is 11.0. The molecule has 0 aliphatic heterocycles. The zero-order valence-corrected chi connectivity index (χ0v) is 9.81. The van der Waals surface area contributed by atoms with Crippen molar-refractivity contribution in [2.24, 2.45) is 0 Å².